The van der Waals surface area contributed by atoms with Crippen LogP contribution in [-0.4, -0.2) is 18.3 Å². The summed E-state index contributed by atoms with van der Waals surface area (Å²) in [6.07, 6.45) is 6.98. The third kappa shape index (κ3) is 7.15. The van der Waals surface area contributed by atoms with Crippen LogP contribution in [0.4, 0.5) is 0 Å². The SMILES string of the molecule is Br.Br.N=C(N)C=Cc1ccc(OC(=O)C2CCC(CN)CC2)cc1. The van der Waals surface area contributed by atoms with E-state index in [1.807, 2.05) is 12.1 Å². The van der Waals surface area contributed by atoms with Gasteiger partial charge in [0.1, 0.15) is 11.6 Å². The summed E-state index contributed by atoms with van der Waals surface area (Å²) < 4.78 is 5.44. The zero-order valence-corrected chi connectivity index (χ0v) is 16.9. The molecule has 0 atom stereocenters. The molecule has 134 valence electrons. The van der Waals surface area contributed by atoms with Crippen LogP contribution in [0.25, 0.3) is 6.08 Å². The van der Waals surface area contributed by atoms with Crippen molar-refractivity contribution in [2.75, 3.05) is 6.54 Å². The van der Waals surface area contributed by atoms with Gasteiger partial charge in [-0.2, -0.15) is 0 Å². The Bertz CT molecular complexity index is 553. The largest absolute Gasteiger partial charge is 0.426 e. The van der Waals surface area contributed by atoms with E-state index in [1.54, 1.807) is 18.2 Å². The predicted molar refractivity (Wildman–Crippen MR) is 108 cm³/mol. The van der Waals surface area contributed by atoms with E-state index in [1.165, 1.54) is 6.08 Å². The molecule has 5 nitrogen and oxygen atoms in total. The quantitative estimate of drug-likeness (QED) is 0.270. The van der Waals surface area contributed by atoms with E-state index in [0.717, 1.165) is 31.2 Å². The Kier molecular flexibility index (Phi) is 10.8. The van der Waals surface area contributed by atoms with Crippen molar-refractivity contribution >= 4 is 51.8 Å². The van der Waals surface area contributed by atoms with Gasteiger partial charge in [0.2, 0.25) is 0 Å². The van der Waals surface area contributed by atoms with E-state index in [9.17, 15) is 4.79 Å². The lowest BCUT2D eigenvalue weighted by Crippen LogP contribution is -2.28. The highest BCUT2D eigenvalue weighted by Crippen LogP contribution is 2.29. The van der Waals surface area contributed by atoms with E-state index in [-0.39, 0.29) is 51.7 Å². The molecular weight excluding hydrogens is 438 g/mol. The summed E-state index contributed by atoms with van der Waals surface area (Å²) in [4.78, 5) is 12.2. The van der Waals surface area contributed by atoms with E-state index < -0.39 is 0 Å². The molecule has 1 aliphatic rings. The lowest BCUT2D eigenvalue weighted by molar-refractivity contribution is -0.140. The van der Waals surface area contributed by atoms with E-state index in [2.05, 4.69) is 0 Å². The number of hydrogen-bond acceptors (Lipinski definition) is 4. The van der Waals surface area contributed by atoms with E-state index in [0.29, 0.717) is 18.2 Å². The fourth-order valence-electron chi connectivity index (χ4n) is 2.67. The molecule has 0 aliphatic heterocycles. The highest BCUT2D eigenvalue weighted by Gasteiger charge is 2.27. The number of rotatable bonds is 5. The van der Waals surface area contributed by atoms with Gasteiger partial charge < -0.3 is 16.2 Å². The number of nitrogens with two attached hydrogens (primary N) is 2. The molecule has 1 saturated carbocycles. The van der Waals surface area contributed by atoms with Crippen LogP contribution in [0.1, 0.15) is 31.2 Å². The summed E-state index contributed by atoms with van der Waals surface area (Å²) >= 11 is 0. The van der Waals surface area contributed by atoms with E-state index in [4.69, 9.17) is 21.6 Å². The molecule has 0 aromatic heterocycles. The van der Waals surface area contributed by atoms with Crippen molar-refractivity contribution in [2.45, 2.75) is 25.7 Å². The minimum absolute atomic E-state index is 0. The number of carbonyl (C=O) groups is 1. The van der Waals surface area contributed by atoms with Crippen LogP contribution >= 0.6 is 34.0 Å². The Morgan fingerprint density at radius 3 is 2.25 bits per heavy atom. The van der Waals surface area contributed by atoms with Crippen molar-refractivity contribution < 1.29 is 9.53 Å². The molecule has 1 fully saturated rings. The Hall–Kier alpha value is -1.18. The van der Waals surface area contributed by atoms with Crippen molar-refractivity contribution in [2.24, 2.45) is 23.3 Å². The van der Waals surface area contributed by atoms with Gasteiger partial charge >= 0.3 is 5.97 Å². The van der Waals surface area contributed by atoms with Crippen LogP contribution in [0.2, 0.25) is 0 Å². The van der Waals surface area contributed by atoms with Gasteiger partial charge in [-0.15, -0.1) is 34.0 Å². The number of halogens is 2. The van der Waals surface area contributed by atoms with Crippen LogP contribution in [0.5, 0.6) is 5.75 Å². The van der Waals surface area contributed by atoms with Crippen molar-refractivity contribution in [3.8, 4) is 5.75 Å². The van der Waals surface area contributed by atoms with Crippen molar-refractivity contribution in [1.82, 2.24) is 0 Å². The third-order valence-corrected chi connectivity index (χ3v) is 4.07. The van der Waals surface area contributed by atoms with Gasteiger partial charge in [0, 0.05) is 0 Å². The highest BCUT2D eigenvalue weighted by molar-refractivity contribution is 8.93. The number of hydrogen-bond donors (Lipinski definition) is 3. The Morgan fingerprint density at radius 2 is 1.75 bits per heavy atom. The molecule has 0 unspecified atom stereocenters. The molecule has 2 rings (SSSR count). The maximum absolute atomic E-state index is 12.2. The molecule has 0 radical (unpaired) electrons. The fourth-order valence-corrected chi connectivity index (χ4v) is 2.67. The van der Waals surface area contributed by atoms with Gasteiger partial charge in [0.25, 0.3) is 0 Å². The molecule has 1 aliphatic carbocycles. The molecular formula is C17H25Br2N3O2. The monoisotopic (exact) mass is 461 g/mol. The van der Waals surface area contributed by atoms with Gasteiger partial charge in [-0.25, -0.2) is 0 Å². The van der Waals surface area contributed by atoms with Gasteiger partial charge in [-0.1, -0.05) is 18.2 Å². The van der Waals surface area contributed by atoms with Crippen LogP contribution in [0.15, 0.2) is 30.3 Å². The van der Waals surface area contributed by atoms with Crippen LogP contribution in [0.3, 0.4) is 0 Å². The minimum Gasteiger partial charge on any atom is -0.426 e. The standard InChI is InChI=1S/C17H23N3O2.2BrH/c18-11-13-1-6-14(7-2-13)17(21)22-15-8-3-12(4-9-15)5-10-16(19)20;;/h3-5,8-10,13-14H,1-2,6-7,11,18H2,(H3,19,20);2*1H. The number of carbonyl (C=O) groups excluding carboxylic acids is 1. The Balaban J connectivity index is 0.00000264. The molecule has 1 aromatic rings. The van der Waals surface area contributed by atoms with Crippen molar-refractivity contribution in [3.63, 3.8) is 0 Å². The summed E-state index contributed by atoms with van der Waals surface area (Å²) in [6, 6.07) is 7.16. The molecule has 0 heterocycles. The minimum atomic E-state index is -0.150. The maximum atomic E-state index is 12.2. The average Bonchev–Trinajstić information content (AvgIpc) is 2.54. The van der Waals surface area contributed by atoms with E-state index >= 15 is 0 Å². The Labute approximate surface area is 163 Å². The van der Waals surface area contributed by atoms with Crippen LogP contribution in [0, 0.1) is 17.2 Å². The maximum Gasteiger partial charge on any atom is 0.314 e. The van der Waals surface area contributed by atoms with Crippen LogP contribution < -0.4 is 16.2 Å². The summed E-state index contributed by atoms with van der Waals surface area (Å²) in [5, 5.41) is 7.13. The zero-order valence-electron chi connectivity index (χ0n) is 13.4. The topological polar surface area (TPSA) is 102 Å². The van der Waals surface area contributed by atoms with Gasteiger partial charge in [-0.3, -0.25) is 10.2 Å². The van der Waals surface area contributed by atoms with Gasteiger partial charge in [-0.05, 0) is 61.9 Å². The molecule has 0 amide bonds. The zero-order chi connectivity index (χ0) is 15.9. The van der Waals surface area contributed by atoms with Gasteiger partial charge in [0.05, 0.1) is 5.92 Å². The first-order valence-electron chi connectivity index (χ1n) is 7.62. The molecule has 5 N–H and O–H groups in total. The molecule has 0 spiro atoms. The first-order valence-corrected chi connectivity index (χ1v) is 7.62. The number of esters is 1. The first-order chi connectivity index (χ1) is 10.6. The molecule has 1 aromatic carbocycles. The summed E-state index contributed by atoms with van der Waals surface area (Å²) in [7, 11) is 0. The molecule has 0 bridgehead atoms. The number of ether oxygens (including phenoxy) is 1. The number of nitrogens with one attached hydrogen (secondary N) is 1. The third-order valence-electron chi connectivity index (χ3n) is 4.07. The summed E-state index contributed by atoms with van der Waals surface area (Å²) in [5.41, 5.74) is 11.8. The summed E-state index contributed by atoms with van der Waals surface area (Å²) in [5.74, 6) is 0.938. The normalized spacial score (nSPS) is 19.9. The molecule has 24 heavy (non-hydrogen) atoms. The number of amidine groups is 1. The number of benzene rings is 1. The van der Waals surface area contributed by atoms with Gasteiger partial charge in [0.15, 0.2) is 0 Å². The van der Waals surface area contributed by atoms with Crippen LogP contribution in [-0.2, 0) is 4.79 Å². The lowest BCUT2D eigenvalue weighted by Gasteiger charge is -2.26. The van der Waals surface area contributed by atoms with Crippen molar-refractivity contribution in [3.05, 3.63) is 35.9 Å². The first kappa shape index (κ1) is 22.8. The second-order valence-corrected chi connectivity index (χ2v) is 5.73. The molecule has 7 heteroatoms. The van der Waals surface area contributed by atoms with Crippen molar-refractivity contribution in [1.29, 1.82) is 5.41 Å². The average molecular weight is 463 g/mol. The second kappa shape index (κ2) is 11.4. The predicted octanol–water partition coefficient (Wildman–Crippen LogP) is 3.46. The highest BCUT2D eigenvalue weighted by atomic mass is 79.9. The smallest absolute Gasteiger partial charge is 0.314 e. The Morgan fingerprint density at radius 1 is 1.17 bits per heavy atom. The molecule has 0 saturated heterocycles. The fraction of sp³-hybridized carbons (Fsp3) is 0.412. The second-order valence-electron chi connectivity index (χ2n) is 5.73. The summed E-state index contributed by atoms with van der Waals surface area (Å²) in [6.45, 7) is 0.705. The lowest BCUT2D eigenvalue weighted by atomic mass is 9.82.